The molecule has 2 atom stereocenters. The van der Waals surface area contributed by atoms with Crippen LogP contribution in [0.2, 0.25) is 0 Å². The van der Waals surface area contributed by atoms with E-state index in [4.69, 9.17) is 0 Å². The lowest BCUT2D eigenvalue weighted by atomic mass is 10.1. The number of amidine groups is 1. The van der Waals surface area contributed by atoms with Gasteiger partial charge in [-0.25, -0.2) is 9.79 Å². The summed E-state index contributed by atoms with van der Waals surface area (Å²) >= 11 is 1.71. The van der Waals surface area contributed by atoms with E-state index in [0.717, 1.165) is 17.5 Å². The van der Waals surface area contributed by atoms with Crippen molar-refractivity contribution in [2.75, 3.05) is 19.3 Å². The fourth-order valence-electron chi connectivity index (χ4n) is 3.00. The number of rotatable bonds is 8. The molecule has 0 aromatic rings. The monoisotopic (exact) mass is 340 g/mol. The van der Waals surface area contributed by atoms with Crippen LogP contribution in [0.15, 0.2) is 4.99 Å². The van der Waals surface area contributed by atoms with Crippen LogP contribution in [0.3, 0.4) is 0 Å². The molecule has 2 aliphatic rings. The molecule has 2 unspecified atom stereocenters. The lowest BCUT2D eigenvalue weighted by Crippen LogP contribution is -2.63. The van der Waals surface area contributed by atoms with Gasteiger partial charge in [-0.15, -0.1) is 0 Å². The largest absolute Gasteiger partial charge is 0.336 e. The summed E-state index contributed by atoms with van der Waals surface area (Å²) in [4.78, 5) is 32.1. The average molecular weight is 340 g/mol. The Morgan fingerprint density at radius 3 is 2.52 bits per heavy atom. The Labute approximate surface area is 143 Å². The summed E-state index contributed by atoms with van der Waals surface area (Å²) in [5.41, 5.74) is 0. The normalized spacial score (nSPS) is 23.9. The van der Waals surface area contributed by atoms with Gasteiger partial charge in [0.25, 0.3) is 5.91 Å². The number of nitrogens with one attached hydrogen (secondary N) is 1. The molecule has 6 nitrogen and oxygen atoms in total. The smallest absolute Gasteiger partial charge is 0.325 e. The summed E-state index contributed by atoms with van der Waals surface area (Å²) < 4.78 is 0. The molecular formula is C16H28N4O2S. The summed E-state index contributed by atoms with van der Waals surface area (Å²) in [6.45, 7) is 4.97. The topological polar surface area (TPSA) is 65.0 Å². The lowest BCUT2D eigenvalue weighted by Gasteiger charge is -2.35. The van der Waals surface area contributed by atoms with Crippen LogP contribution in [0, 0.1) is 0 Å². The van der Waals surface area contributed by atoms with Crippen molar-refractivity contribution in [1.29, 1.82) is 0 Å². The number of hydrogen-bond donors (Lipinski definition) is 1. The van der Waals surface area contributed by atoms with Crippen molar-refractivity contribution in [2.45, 2.75) is 64.6 Å². The quantitative estimate of drug-likeness (QED) is 0.690. The first-order valence-electron chi connectivity index (χ1n) is 8.65. The van der Waals surface area contributed by atoms with Crippen LogP contribution in [-0.2, 0) is 4.79 Å². The average Bonchev–Trinajstić information content (AvgIpc) is 2.91. The Balaban J connectivity index is 1.86. The van der Waals surface area contributed by atoms with Crippen molar-refractivity contribution in [2.24, 2.45) is 4.99 Å². The number of hydrogen-bond acceptors (Lipinski definition) is 5. The second-order valence-corrected chi connectivity index (χ2v) is 7.14. The van der Waals surface area contributed by atoms with Gasteiger partial charge >= 0.3 is 6.03 Å². The molecule has 0 bridgehead atoms. The molecule has 0 radical (unpaired) electrons. The molecule has 2 heterocycles. The fourth-order valence-corrected chi connectivity index (χ4v) is 4.12. The fraction of sp³-hybridized carbons (Fsp3) is 0.812. The standard InChI is InChI=1S/C16H28N4O2S/c1-4-6-7-8-9-10-11-23-16-17-13-12(20(16)5-2)14(21)18-15(22)19(13)3/h12-13H,4-11H2,1-3H3,(H,18,21,22). The molecular weight excluding hydrogens is 312 g/mol. The number of carbonyl (C=O) groups is 2. The van der Waals surface area contributed by atoms with Crippen LogP contribution in [0.4, 0.5) is 4.79 Å². The zero-order chi connectivity index (χ0) is 16.8. The number of nitrogens with zero attached hydrogens (tertiary/aromatic N) is 3. The number of fused-ring (bicyclic) bond motifs is 1. The van der Waals surface area contributed by atoms with Crippen LogP contribution in [0.1, 0.15) is 52.4 Å². The lowest BCUT2D eigenvalue weighted by molar-refractivity contribution is -0.127. The Morgan fingerprint density at radius 2 is 1.83 bits per heavy atom. The molecule has 0 saturated carbocycles. The molecule has 2 aliphatic heterocycles. The minimum absolute atomic E-state index is 0.237. The Hall–Kier alpha value is -1.24. The van der Waals surface area contributed by atoms with Gasteiger partial charge in [-0.05, 0) is 13.3 Å². The van der Waals surface area contributed by atoms with Gasteiger partial charge in [-0.2, -0.15) is 0 Å². The van der Waals surface area contributed by atoms with E-state index in [2.05, 4.69) is 17.2 Å². The number of aliphatic imine (C=N–C) groups is 1. The zero-order valence-corrected chi connectivity index (χ0v) is 15.2. The third-order valence-corrected chi connectivity index (χ3v) is 5.48. The predicted octanol–water partition coefficient (Wildman–Crippen LogP) is 2.65. The minimum atomic E-state index is -0.386. The van der Waals surface area contributed by atoms with Crippen molar-refractivity contribution >= 4 is 28.9 Å². The third kappa shape index (κ3) is 4.19. The van der Waals surface area contributed by atoms with Crippen LogP contribution >= 0.6 is 11.8 Å². The van der Waals surface area contributed by atoms with Crippen LogP contribution in [-0.4, -0.2) is 58.5 Å². The van der Waals surface area contributed by atoms with E-state index < -0.39 is 0 Å². The van der Waals surface area contributed by atoms with Gasteiger partial charge in [0.15, 0.2) is 17.4 Å². The molecule has 0 aliphatic carbocycles. The van der Waals surface area contributed by atoms with E-state index in [9.17, 15) is 9.59 Å². The first-order valence-corrected chi connectivity index (χ1v) is 9.63. The van der Waals surface area contributed by atoms with E-state index in [0.29, 0.717) is 0 Å². The number of urea groups is 1. The first kappa shape index (κ1) is 18.1. The highest BCUT2D eigenvalue weighted by molar-refractivity contribution is 8.13. The maximum atomic E-state index is 12.1. The van der Waals surface area contributed by atoms with E-state index >= 15 is 0 Å². The Morgan fingerprint density at radius 1 is 1.13 bits per heavy atom. The SMILES string of the molecule is CCCCCCCCSC1=NC2C(C(=O)NC(=O)N2C)N1CC. The number of likely N-dealkylation sites (N-methyl/N-ethyl adjacent to an activating group) is 2. The third-order valence-electron chi connectivity index (χ3n) is 4.39. The Kier molecular flexibility index (Phi) is 6.74. The van der Waals surface area contributed by atoms with Crippen LogP contribution in [0.25, 0.3) is 0 Å². The highest BCUT2D eigenvalue weighted by Crippen LogP contribution is 2.28. The number of unbranched alkanes of at least 4 members (excludes halogenated alkanes) is 5. The summed E-state index contributed by atoms with van der Waals surface area (Å²) in [5, 5.41) is 3.30. The Bertz CT molecular complexity index is 469. The summed E-state index contributed by atoms with van der Waals surface area (Å²) in [6.07, 6.45) is 7.24. The van der Waals surface area contributed by atoms with Crippen molar-refractivity contribution in [3.8, 4) is 0 Å². The molecule has 0 spiro atoms. The molecule has 130 valence electrons. The summed E-state index contributed by atoms with van der Waals surface area (Å²) in [7, 11) is 1.69. The summed E-state index contributed by atoms with van der Waals surface area (Å²) in [5.74, 6) is 0.777. The molecule has 2 rings (SSSR count). The number of imide groups is 1. The minimum Gasteiger partial charge on any atom is -0.336 e. The first-order chi connectivity index (χ1) is 11.1. The van der Waals surface area contributed by atoms with Crippen LogP contribution in [0.5, 0.6) is 0 Å². The van der Waals surface area contributed by atoms with Gasteiger partial charge in [0.05, 0.1) is 0 Å². The summed E-state index contributed by atoms with van der Waals surface area (Å²) in [6, 6.07) is -0.743. The van der Waals surface area contributed by atoms with Crippen molar-refractivity contribution in [3.05, 3.63) is 0 Å². The van der Waals surface area contributed by atoms with Gasteiger partial charge in [0.2, 0.25) is 0 Å². The maximum absolute atomic E-state index is 12.1. The number of thioether (sulfide) groups is 1. The van der Waals surface area contributed by atoms with Gasteiger partial charge in [0, 0.05) is 19.3 Å². The van der Waals surface area contributed by atoms with E-state index in [-0.39, 0.29) is 24.1 Å². The number of amides is 3. The molecule has 1 N–H and O–H groups in total. The van der Waals surface area contributed by atoms with Crippen LogP contribution < -0.4 is 5.32 Å². The maximum Gasteiger partial charge on any atom is 0.325 e. The molecule has 0 aromatic heterocycles. The molecule has 3 amide bonds. The molecule has 0 aromatic carbocycles. The van der Waals surface area contributed by atoms with E-state index in [1.165, 1.54) is 43.4 Å². The van der Waals surface area contributed by atoms with Crippen molar-refractivity contribution < 1.29 is 9.59 Å². The highest BCUT2D eigenvalue weighted by Gasteiger charge is 2.47. The van der Waals surface area contributed by atoms with E-state index in [1.54, 1.807) is 18.8 Å². The second-order valence-electron chi connectivity index (χ2n) is 6.08. The van der Waals surface area contributed by atoms with Gasteiger partial charge in [-0.3, -0.25) is 10.1 Å². The number of carbonyl (C=O) groups excluding carboxylic acids is 2. The highest BCUT2D eigenvalue weighted by atomic mass is 32.2. The van der Waals surface area contributed by atoms with Crippen molar-refractivity contribution in [1.82, 2.24) is 15.1 Å². The molecule has 1 saturated heterocycles. The molecule has 1 fully saturated rings. The van der Waals surface area contributed by atoms with Gasteiger partial charge in [-0.1, -0.05) is 50.8 Å². The van der Waals surface area contributed by atoms with Gasteiger partial charge in [0.1, 0.15) is 0 Å². The molecule has 23 heavy (non-hydrogen) atoms. The second kappa shape index (κ2) is 8.57. The predicted molar refractivity (Wildman–Crippen MR) is 94.5 cm³/mol. The zero-order valence-electron chi connectivity index (χ0n) is 14.4. The van der Waals surface area contributed by atoms with E-state index in [1.807, 2.05) is 11.8 Å². The van der Waals surface area contributed by atoms with Crippen molar-refractivity contribution in [3.63, 3.8) is 0 Å². The van der Waals surface area contributed by atoms with Gasteiger partial charge < -0.3 is 9.80 Å². The molecule has 7 heteroatoms.